The molecule has 0 radical (unpaired) electrons. The topological polar surface area (TPSA) is 51.0 Å². The lowest BCUT2D eigenvalue weighted by atomic mass is 9.92. The van der Waals surface area contributed by atoms with E-state index in [0.717, 1.165) is 37.4 Å². The number of likely N-dealkylation sites (N-methyl/N-ethyl adjacent to an activating group) is 1. The van der Waals surface area contributed by atoms with Gasteiger partial charge in [0.15, 0.2) is 5.82 Å². The number of nitrogens with zero attached hydrogens (tertiary/aromatic N) is 2. The van der Waals surface area contributed by atoms with Gasteiger partial charge < -0.3 is 9.84 Å². The Bertz CT molecular complexity index is 328. The van der Waals surface area contributed by atoms with Crippen molar-refractivity contribution in [3.05, 3.63) is 11.7 Å². The van der Waals surface area contributed by atoms with Crippen LogP contribution < -0.4 is 5.32 Å². The zero-order chi connectivity index (χ0) is 12.9. The summed E-state index contributed by atoms with van der Waals surface area (Å²) in [5.74, 6) is 1.57. The first-order valence-corrected chi connectivity index (χ1v) is 6.43. The summed E-state index contributed by atoms with van der Waals surface area (Å²) >= 11 is 0. The van der Waals surface area contributed by atoms with Gasteiger partial charge in [-0.15, -0.1) is 0 Å². The van der Waals surface area contributed by atoms with Crippen LogP contribution in [-0.4, -0.2) is 23.2 Å². The van der Waals surface area contributed by atoms with E-state index in [2.05, 4.69) is 43.2 Å². The molecule has 0 spiro atoms. The van der Waals surface area contributed by atoms with Gasteiger partial charge in [-0.25, -0.2) is 0 Å². The lowest BCUT2D eigenvalue weighted by Crippen LogP contribution is -2.27. The minimum Gasteiger partial charge on any atom is -0.339 e. The normalized spacial score (nSPS) is 13.9. The van der Waals surface area contributed by atoms with Crippen LogP contribution in [0.1, 0.15) is 52.3 Å². The second-order valence-electron chi connectivity index (χ2n) is 5.82. The Morgan fingerprint density at radius 3 is 2.59 bits per heavy atom. The summed E-state index contributed by atoms with van der Waals surface area (Å²) in [6.45, 7) is 8.72. The van der Waals surface area contributed by atoms with E-state index >= 15 is 0 Å². The molecule has 0 aliphatic rings. The predicted octanol–water partition coefficient (Wildman–Crippen LogP) is 2.59. The molecule has 0 aliphatic heterocycles. The van der Waals surface area contributed by atoms with E-state index < -0.39 is 0 Å². The van der Waals surface area contributed by atoms with Crippen LogP contribution in [0.2, 0.25) is 0 Å². The molecule has 1 heterocycles. The van der Waals surface area contributed by atoms with Crippen molar-refractivity contribution in [1.29, 1.82) is 0 Å². The first-order chi connectivity index (χ1) is 7.94. The predicted molar refractivity (Wildman–Crippen MR) is 68.9 cm³/mol. The Labute approximate surface area is 104 Å². The Kier molecular flexibility index (Phi) is 5.12. The van der Waals surface area contributed by atoms with Crippen molar-refractivity contribution in [3.63, 3.8) is 0 Å². The molecule has 0 bridgehead atoms. The maximum atomic E-state index is 5.29. The van der Waals surface area contributed by atoms with Crippen molar-refractivity contribution < 1.29 is 4.52 Å². The van der Waals surface area contributed by atoms with Crippen LogP contribution in [0.4, 0.5) is 0 Å². The van der Waals surface area contributed by atoms with E-state index in [1.807, 2.05) is 7.05 Å². The molecule has 1 aromatic heterocycles. The van der Waals surface area contributed by atoms with Gasteiger partial charge in [-0.3, -0.25) is 0 Å². The van der Waals surface area contributed by atoms with Crippen LogP contribution in [0, 0.1) is 5.41 Å². The van der Waals surface area contributed by atoms with E-state index in [-0.39, 0.29) is 5.41 Å². The van der Waals surface area contributed by atoms with Gasteiger partial charge in [0.1, 0.15) is 0 Å². The lowest BCUT2D eigenvalue weighted by molar-refractivity contribution is 0.341. The number of rotatable bonds is 6. The van der Waals surface area contributed by atoms with Crippen LogP contribution in [0.15, 0.2) is 4.52 Å². The number of nitrogens with one attached hydrogen (secondary N) is 1. The average molecular weight is 239 g/mol. The van der Waals surface area contributed by atoms with Gasteiger partial charge in [0.25, 0.3) is 0 Å². The molecule has 1 atom stereocenters. The summed E-state index contributed by atoms with van der Waals surface area (Å²) < 4.78 is 5.29. The first-order valence-electron chi connectivity index (χ1n) is 6.43. The molecule has 17 heavy (non-hydrogen) atoms. The van der Waals surface area contributed by atoms with E-state index in [9.17, 15) is 0 Å². The molecular formula is C13H25N3O. The van der Waals surface area contributed by atoms with Gasteiger partial charge in [-0.1, -0.05) is 39.3 Å². The lowest BCUT2D eigenvalue weighted by Gasteiger charge is -2.14. The van der Waals surface area contributed by atoms with Crippen LogP contribution >= 0.6 is 0 Å². The molecule has 0 saturated carbocycles. The second-order valence-corrected chi connectivity index (χ2v) is 5.82. The molecule has 1 rings (SSSR count). The fourth-order valence-corrected chi connectivity index (χ4v) is 1.83. The van der Waals surface area contributed by atoms with Gasteiger partial charge in [0.05, 0.1) is 0 Å². The van der Waals surface area contributed by atoms with E-state index in [4.69, 9.17) is 4.52 Å². The van der Waals surface area contributed by atoms with Crippen molar-refractivity contribution in [2.75, 3.05) is 7.05 Å². The number of hydrogen-bond acceptors (Lipinski definition) is 4. The number of aromatic nitrogens is 2. The van der Waals surface area contributed by atoms with E-state index in [1.165, 1.54) is 0 Å². The largest absolute Gasteiger partial charge is 0.339 e. The van der Waals surface area contributed by atoms with Crippen molar-refractivity contribution >= 4 is 0 Å². The van der Waals surface area contributed by atoms with E-state index in [1.54, 1.807) is 0 Å². The molecule has 0 saturated heterocycles. The zero-order valence-corrected chi connectivity index (χ0v) is 11.7. The Hall–Kier alpha value is -0.900. The van der Waals surface area contributed by atoms with Crippen molar-refractivity contribution in [2.24, 2.45) is 5.41 Å². The molecule has 0 aromatic carbocycles. The van der Waals surface area contributed by atoms with Crippen molar-refractivity contribution in [3.8, 4) is 0 Å². The molecule has 1 unspecified atom stereocenters. The highest BCUT2D eigenvalue weighted by atomic mass is 16.5. The quantitative estimate of drug-likeness (QED) is 0.829. The summed E-state index contributed by atoms with van der Waals surface area (Å²) in [5.41, 5.74) is 0.201. The van der Waals surface area contributed by atoms with Crippen LogP contribution in [0.5, 0.6) is 0 Å². The van der Waals surface area contributed by atoms with Gasteiger partial charge in [-0.2, -0.15) is 4.98 Å². The first kappa shape index (κ1) is 14.2. The molecule has 98 valence electrons. The Morgan fingerprint density at radius 1 is 1.35 bits per heavy atom. The maximum Gasteiger partial charge on any atom is 0.228 e. The summed E-state index contributed by atoms with van der Waals surface area (Å²) in [6.07, 6.45) is 3.97. The molecule has 0 amide bonds. The monoisotopic (exact) mass is 239 g/mol. The third kappa shape index (κ3) is 5.31. The van der Waals surface area contributed by atoms with Crippen molar-refractivity contribution in [2.45, 2.75) is 59.4 Å². The SMILES string of the molecule is CCCC(Cc1nc(CC(C)(C)C)no1)NC. The molecule has 0 fully saturated rings. The Morgan fingerprint density at radius 2 is 2.06 bits per heavy atom. The molecule has 0 aliphatic carbocycles. The van der Waals surface area contributed by atoms with Crippen LogP contribution in [0.25, 0.3) is 0 Å². The highest BCUT2D eigenvalue weighted by Gasteiger charge is 2.17. The molecular weight excluding hydrogens is 214 g/mol. The molecule has 1 N–H and O–H groups in total. The van der Waals surface area contributed by atoms with Crippen LogP contribution in [-0.2, 0) is 12.8 Å². The van der Waals surface area contributed by atoms with Crippen molar-refractivity contribution in [1.82, 2.24) is 15.5 Å². The van der Waals surface area contributed by atoms with Gasteiger partial charge in [0.2, 0.25) is 5.89 Å². The molecule has 4 heteroatoms. The fourth-order valence-electron chi connectivity index (χ4n) is 1.83. The standard InChI is InChI=1S/C13H25N3O/c1-6-7-10(14-5)8-12-15-11(16-17-12)9-13(2,3)4/h10,14H,6-9H2,1-5H3. The number of hydrogen-bond donors (Lipinski definition) is 1. The second kappa shape index (κ2) is 6.15. The van der Waals surface area contributed by atoms with Gasteiger partial charge in [0, 0.05) is 18.9 Å². The Balaban J connectivity index is 2.55. The minimum absolute atomic E-state index is 0.201. The van der Waals surface area contributed by atoms with Gasteiger partial charge >= 0.3 is 0 Å². The average Bonchev–Trinajstić information content (AvgIpc) is 2.62. The third-order valence-electron chi connectivity index (χ3n) is 2.66. The summed E-state index contributed by atoms with van der Waals surface area (Å²) in [6, 6.07) is 0.433. The summed E-state index contributed by atoms with van der Waals surface area (Å²) in [5, 5.41) is 7.32. The zero-order valence-electron chi connectivity index (χ0n) is 11.7. The highest BCUT2D eigenvalue weighted by molar-refractivity contribution is 4.92. The maximum absolute atomic E-state index is 5.29. The van der Waals surface area contributed by atoms with Crippen LogP contribution in [0.3, 0.4) is 0 Å². The minimum atomic E-state index is 0.201. The van der Waals surface area contributed by atoms with Gasteiger partial charge in [-0.05, 0) is 18.9 Å². The fraction of sp³-hybridized carbons (Fsp3) is 0.846. The van der Waals surface area contributed by atoms with E-state index in [0.29, 0.717) is 6.04 Å². The smallest absolute Gasteiger partial charge is 0.228 e. The highest BCUT2D eigenvalue weighted by Crippen LogP contribution is 2.18. The summed E-state index contributed by atoms with van der Waals surface area (Å²) in [7, 11) is 1.98. The molecule has 4 nitrogen and oxygen atoms in total. The third-order valence-corrected chi connectivity index (χ3v) is 2.66. The molecule has 1 aromatic rings. The summed E-state index contributed by atoms with van der Waals surface area (Å²) in [4.78, 5) is 4.45.